The Kier molecular flexibility index (Phi) is 23.6. The molecule has 0 radical (unpaired) electrons. The average Bonchev–Trinajstić information content (AvgIpc) is 3.23. The minimum atomic E-state index is -1.82. The summed E-state index contributed by atoms with van der Waals surface area (Å²) in [4.78, 5) is 26.0. The van der Waals surface area contributed by atoms with E-state index in [1.807, 2.05) is 45.1 Å². The van der Waals surface area contributed by atoms with Crippen molar-refractivity contribution in [3.8, 4) is 0 Å². The predicted molar refractivity (Wildman–Crippen MR) is 234 cm³/mol. The number of allylic oxidation sites excluding steroid dienone is 8. The van der Waals surface area contributed by atoms with Gasteiger partial charge in [0.05, 0.1) is 60.5 Å². The number of hydrogen-bond donors (Lipinski definition) is 9. The molecule has 2 fully saturated rings. The highest BCUT2D eigenvalue weighted by Gasteiger charge is 2.44. The van der Waals surface area contributed by atoms with Gasteiger partial charge in [0, 0.05) is 51.0 Å². The molecule has 0 aromatic heterocycles. The molecule has 3 rings (SSSR count). The largest absolute Gasteiger partial charge is 0.462 e. The summed E-state index contributed by atoms with van der Waals surface area (Å²) in [7, 11) is 1.51. The zero-order chi connectivity index (χ0) is 47.7. The number of rotatable bonds is 6. The van der Waals surface area contributed by atoms with Gasteiger partial charge in [0.25, 0.3) is 0 Å². The second kappa shape index (κ2) is 27.2. The van der Waals surface area contributed by atoms with Crippen LogP contribution in [0.25, 0.3) is 0 Å². The van der Waals surface area contributed by atoms with Crippen LogP contribution in [-0.2, 0) is 38.0 Å². The van der Waals surface area contributed by atoms with Crippen LogP contribution in [0.4, 0.5) is 0 Å². The number of carbonyl (C=O) groups is 2. The number of methoxy groups -OCH3 is 1. The molecule has 0 saturated carbocycles. The molecule has 19 atom stereocenters. The summed E-state index contributed by atoms with van der Waals surface area (Å²) < 4.78 is 35.5. The Morgan fingerprint density at radius 3 is 1.94 bits per heavy atom. The standard InChI is InChI=1S/C47H76O17/c1-8-37-28(3)44(64-40-26-36(52)45(59-7)30(5)60-40)27(2)17-15-13-11-9-10-12-14-16-18-33(62-46-43(57)42(56)41(55)29(4)61-46)21-22-47(6,58)38(53)25-32(49)23-31(48)24-35(51)34(50)19-20-39(54)63-37/h9-18,27-31,33-38,40-46,48,50-53,55-58H,8,19-26H2,1-7H3/b10-9+,13-11+,14-12+,17-15+,18-16+/t27?,28?,29-,30+,31-,33?,34-,35-,36-,37?,38+,40+,41-,42+,43+,44?,45+,46+,47-/m1/s1. The van der Waals surface area contributed by atoms with E-state index in [1.165, 1.54) is 21.0 Å². The first-order valence-corrected chi connectivity index (χ1v) is 22.6. The third-order valence-corrected chi connectivity index (χ3v) is 12.3. The number of carbonyl (C=O) groups excluding carboxylic acids is 2. The van der Waals surface area contributed by atoms with E-state index in [-0.39, 0.29) is 43.9 Å². The van der Waals surface area contributed by atoms with Crippen LogP contribution in [0.2, 0.25) is 0 Å². The van der Waals surface area contributed by atoms with Gasteiger partial charge in [-0.05, 0) is 46.5 Å². The predicted octanol–water partition coefficient (Wildman–Crippen LogP) is 1.98. The van der Waals surface area contributed by atoms with Gasteiger partial charge < -0.3 is 74.4 Å². The Morgan fingerprint density at radius 2 is 1.33 bits per heavy atom. The maximum Gasteiger partial charge on any atom is 0.306 e. The van der Waals surface area contributed by atoms with E-state index in [1.54, 1.807) is 43.4 Å². The van der Waals surface area contributed by atoms with Gasteiger partial charge in [-0.25, -0.2) is 0 Å². The normalized spacial score (nSPS) is 45.1. The Hall–Kier alpha value is -2.72. The molecule has 5 unspecified atom stereocenters. The number of cyclic esters (lactones) is 1. The van der Waals surface area contributed by atoms with Gasteiger partial charge >= 0.3 is 5.97 Å². The zero-order valence-corrected chi connectivity index (χ0v) is 38.3. The van der Waals surface area contributed by atoms with Crippen LogP contribution >= 0.6 is 0 Å². The quantitative estimate of drug-likeness (QED) is 0.172. The van der Waals surface area contributed by atoms with Crippen LogP contribution in [0.3, 0.4) is 0 Å². The molecule has 366 valence electrons. The molecule has 0 amide bonds. The van der Waals surface area contributed by atoms with Gasteiger partial charge in [-0.1, -0.05) is 81.5 Å². The van der Waals surface area contributed by atoms with Crippen molar-refractivity contribution in [2.24, 2.45) is 11.8 Å². The van der Waals surface area contributed by atoms with Crippen molar-refractivity contribution in [1.82, 2.24) is 0 Å². The number of hydrogen-bond acceptors (Lipinski definition) is 17. The van der Waals surface area contributed by atoms with Gasteiger partial charge in [0.2, 0.25) is 0 Å². The summed E-state index contributed by atoms with van der Waals surface area (Å²) in [6.45, 7) is 10.4. The van der Waals surface area contributed by atoms with E-state index in [4.69, 9.17) is 28.4 Å². The minimum Gasteiger partial charge on any atom is -0.462 e. The number of esters is 1. The second-order valence-corrected chi connectivity index (χ2v) is 17.7. The molecule has 3 aliphatic heterocycles. The minimum absolute atomic E-state index is 0.0542. The van der Waals surface area contributed by atoms with E-state index in [2.05, 4.69) is 0 Å². The molecule has 3 heterocycles. The van der Waals surface area contributed by atoms with Crippen LogP contribution in [0, 0.1) is 11.8 Å². The fourth-order valence-corrected chi connectivity index (χ4v) is 8.15. The van der Waals surface area contributed by atoms with Gasteiger partial charge in [0.1, 0.15) is 36.3 Å². The zero-order valence-electron chi connectivity index (χ0n) is 38.3. The number of ether oxygens (including phenoxy) is 6. The van der Waals surface area contributed by atoms with Crippen molar-refractivity contribution < 1.29 is 84.0 Å². The average molecular weight is 913 g/mol. The molecule has 0 aliphatic carbocycles. The first-order valence-electron chi connectivity index (χ1n) is 22.6. The van der Waals surface area contributed by atoms with E-state index >= 15 is 0 Å². The summed E-state index contributed by atoms with van der Waals surface area (Å²) in [6, 6.07) is 0. The van der Waals surface area contributed by atoms with E-state index in [0.717, 1.165) is 0 Å². The third-order valence-electron chi connectivity index (χ3n) is 12.3. The number of aliphatic hydroxyl groups excluding tert-OH is 8. The lowest BCUT2D eigenvalue weighted by Gasteiger charge is -2.41. The fraction of sp³-hybridized carbons (Fsp3) is 0.745. The molecular weight excluding hydrogens is 836 g/mol. The second-order valence-electron chi connectivity index (χ2n) is 17.7. The van der Waals surface area contributed by atoms with Gasteiger partial charge in [-0.2, -0.15) is 0 Å². The first-order chi connectivity index (χ1) is 30.2. The van der Waals surface area contributed by atoms with Crippen molar-refractivity contribution in [2.75, 3.05) is 7.11 Å². The number of aliphatic hydroxyl groups is 9. The van der Waals surface area contributed by atoms with Crippen molar-refractivity contribution in [1.29, 1.82) is 0 Å². The summed E-state index contributed by atoms with van der Waals surface area (Å²) in [6.07, 6.45) is -0.663. The lowest BCUT2D eigenvalue weighted by Crippen LogP contribution is -2.57. The van der Waals surface area contributed by atoms with Crippen molar-refractivity contribution >= 4 is 11.8 Å². The molecule has 64 heavy (non-hydrogen) atoms. The van der Waals surface area contributed by atoms with Crippen LogP contribution in [0.5, 0.6) is 0 Å². The smallest absolute Gasteiger partial charge is 0.306 e. The highest BCUT2D eigenvalue weighted by Crippen LogP contribution is 2.32. The van der Waals surface area contributed by atoms with Crippen molar-refractivity contribution in [3.63, 3.8) is 0 Å². The topological polar surface area (TPSA) is 272 Å². The van der Waals surface area contributed by atoms with Crippen LogP contribution in [-0.4, -0.2) is 168 Å². The molecule has 0 bridgehead atoms. The van der Waals surface area contributed by atoms with Crippen LogP contribution < -0.4 is 0 Å². The van der Waals surface area contributed by atoms with Gasteiger partial charge in [-0.15, -0.1) is 0 Å². The summed E-state index contributed by atoms with van der Waals surface area (Å²) in [5, 5.41) is 95.9. The fourth-order valence-electron chi connectivity index (χ4n) is 8.15. The molecular formula is C47H76O17. The van der Waals surface area contributed by atoms with E-state index in [0.29, 0.717) is 6.42 Å². The van der Waals surface area contributed by atoms with Crippen LogP contribution in [0.15, 0.2) is 60.8 Å². The van der Waals surface area contributed by atoms with E-state index in [9.17, 15) is 55.5 Å². The Morgan fingerprint density at radius 1 is 0.703 bits per heavy atom. The van der Waals surface area contributed by atoms with Crippen LogP contribution in [0.1, 0.15) is 99.3 Å². The molecule has 3 aliphatic rings. The maximum atomic E-state index is 13.1. The van der Waals surface area contributed by atoms with E-state index < -0.39 is 135 Å². The molecule has 2 saturated heterocycles. The molecule has 0 aromatic rings. The van der Waals surface area contributed by atoms with Gasteiger partial charge in [0.15, 0.2) is 12.6 Å². The first kappa shape index (κ1) is 55.6. The highest BCUT2D eigenvalue weighted by molar-refractivity contribution is 5.79. The Bertz CT molecular complexity index is 1530. The number of ketones is 1. The SMILES string of the molecule is CCC1OC(=O)CC[C@@H](O)[C@H](O)C[C@H](O)CC(=O)C[C@H](O)[C@](C)(O)CCC(O[C@@H]2O[C@H](C)[C@@H](O)[C@H](O)[C@@H]2O)/C=C/C=C/C=C/C=C/C=C/C(C)C(O[C@H]2C[C@@H](O)[C@@H](OC)[C@H](C)O2)C1C. The maximum absolute atomic E-state index is 13.1. The Balaban J connectivity index is 1.87. The van der Waals surface area contributed by atoms with Gasteiger partial charge in [-0.3, -0.25) is 9.59 Å². The summed E-state index contributed by atoms with van der Waals surface area (Å²) in [5.74, 6) is -1.83. The number of Topliss-reactive ketones (excluding diaryl/α,β-unsaturated/α-hetero) is 1. The molecule has 9 N–H and O–H groups in total. The molecule has 17 heteroatoms. The lowest BCUT2D eigenvalue weighted by molar-refractivity contribution is -0.300. The summed E-state index contributed by atoms with van der Waals surface area (Å²) >= 11 is 0. The monoisotopic (exact) mass is 913 g/mol. The Labute approximate surface area is 377 Å². The summed E-state index contributed by atoms with van der Waals surface area (Å²) in [5.41, 5.74) is -1.82. The lowest BCUT2D eigenvalue weighted by atomic mass is 9.87. The van der Waals surface area contributed by atoms with Crippen molar-refractivity contribution in [2.45, 2.75) is 203 Å². The third kappa shape index (κ3) is 17.5. The molecule has 0 aromatic carbocycles. The molecule has 0 spiro atoms. The molecule has 17 nitrogen and oxygen atoms in total. The van der Waals surface area contributed by atoms with Crippen molar-refractivity contribution in [3.05, 3.63) is 60.8 Å². The highest BCUT2D eigenvalue weighted by atomic mass is 16.7.